The standard InChI is InChI=1S/C8H16.C4H6O4/c1-7(2)5-6-8(7,3)4;5-3(6)1-2-4(7)8/h5-6H2,1-4H3;1-2H2,(H,5,6)(H,7,8). The summed E-state index contributed by atoms with van der Waals surface area (Å²) < 4.78 is 0. The lowest BCUT2D eigenvalue weighted by molar-refractivity contribution is -0.143. The Bertz CT molecular complexity index is 238. The lowest BCUT2D eigenvalue weighted by atomic mass is 9.53. The van der Waals surface area contributed by atoms with Gasteiger partial charge in [-0.15, -0.1) is 0 Å². The molecule has 0 aromatic heterocycles. The molecule has 4 heteroatoms. The Labute approximate surface area is 96.7 Å². The van der Waals surface area contributed by atoms with Crippen molar-refractivity contribution in [3.8, 4) is 0 Å². The van der Waals surface area contributed by atoms with Gasteiger partial charge in [-0.1, -0.05) is 27.7 Å². The van der Waals surface area contributed by atoms with Crippen LogP contribution in [0.15, 0.2) is 0 Å². The van der Waals surface area contributed by atoms with Crippen LogP contribution in [-0.2, 0) is 9.59 Å². The highest BCUT2D eigenvalue weighted by molar-refractivity contribution is 5.75. The van der Waals surface area contributed by atoms with Gasteiger partial charge in [-0.05, 0) is 23.7 Å². The molecular weight excluding hydrogens is 208 g/mol. The van der Waals surface area contributed by atoms with Crippen LogP contribution in [0.3, 0.4) is 0 Å². The van der Waals surface area contributed by atoms with Gasteiger partial charge in [0.25, 0.3) is 0 Å². The zero-order valence-corrected chi connectivity index (χ0v) is 10.5. The fourth-order valence-electron chi connectivity index (χ4n) is 1.34. The molecule has 0 aliphatic heterocycles. The first-order valence-corrected chi connectivity index (χ1v) is 5.52. The Morgan fingerprint density at radius 1 is 0.875 bits per heavy atom. The molecule has 0 saturated heterocycles. The quantitative estimate of drug-likeness (QED) is 0.781. The van der Waals surface area contributed by atoms with Crippen LogP contribution < -0.4 is 0 Å². The van der Waals surface area contributed by atoms with Crippen LogP contribution in [0.2, 0.25) is 0 Å². The Hall–Kier alpha value is -1.06. The van der Waals surface area contributed by atoms with Crippen molar-refractivity contribution in [2.75, 3.05) is 0 Å². The molecular formula is C12H22O4. The normalized spacial score (nSPS) is 20.0. The summed E-state index contributed by atoms with van der Waals surface area (Å²) in [5, 5.41) is 15.8. The molecule has 1 saturated carbocycles. The number of hydrogen-bond acceptors (Lipinski definition) is 2. The molecule has 1 rings (SSSR count). The van der Waals surface area contributed by atoms with Gasteiger partial charge in [-0.25, -0.2) is 0 Å². The van der Waals surface area contributed by atoms with Crippen molar-refractivity contribution >= 4 is 11.9 Å². The van der Waals surface area contributed by atoms with Crippen LogP contribution in [0.25, 0.3) is 0 Å². The molecule has 94 valence electrons. The maximum absolute atomic E-state index is 9.64. The molecule has 0 aromatic carbocycles. The second kappa shape index (κ2) is 5.32. The lowest BCUT2D eigenvalue weighted by Crippen LogP contribution is -2.42. The highest BCUT2D eigenvalue weighted by Gasteiger charge is 2.44. The Morgan fingerprint density at radius 2 is 1.12 bits per heavy atom. The summed E-state index contributed by atoms with van der Waals surface area (Å²) in [6, 6.07) is 0. The number of carboxylic acids is 2. The highest BCUT2D eigenvalue weighted by Crippen LogP contribution is 2.55. The van der Waals surface area contributed by atoms with Gasteiger partial charge in [-0.2, -0.15) is 0 Å². The molecule has 0 aromatic rings. The van der Waals surface area contributed by atoms with E-state index in [0.717, 1.165) is 0 Å². The van der Waals surface area contributed by atoms with Gasteiger partial charge in [0.2, 0.25) is 0 Å². The summed E-state index contributed by atoms with van der Waals surface area (Å²) >= 11 is 0. The van der Waals surface area contributed by atoms with Gasteiger partial charge < -0.3 is 10.2 Å². The smallest absolute Gasteiger partial charge is 0.303 e. The van der Waals surface area contributed by atoms with E-state index in [-0.39, 0.29) is 12.8 Å². The minimum Gasteiger partial charge on any atom is -0.481 e. The van der Waals surface area contributed by atoms with Gasteiger partial charge in [0.15, 0.2) is 0 Å². The molecule has 1 aliphatic carbocycles. The van der Waals surface area contributed by atoms with Gasteiger partial charge in [0.05, 0.1) is 12.8 Å². The van der Waals surface area contributed by atoms with E-state index in [4.69, 9.17) is 10.2 Å². The topological polar surface area (TPSA) is 74.6 Å². The van der Waals surface area contributed by atoms with E-state index in [1.165, 1.54) is 12.8 Å². The van der Waals surface area contributed by atoms with Crippen LogP contribution in [0.4, 0.5) is 0 Å². The van der Waals surface area contributed by atoms with Gasteiger partial charge in [0, 0.05) is 0 Å². The SMILES string of the molecule is CC1(C)CCC1(C)C.O=C(O)CCC(=O)O. The van der Waals surface area contributed by atoms with Crippen LogP contribution in [0, 0.1) is 10.8 Å². The fraction of sp³-hybridized carbons (Fsp3) is 0.833. The monoisotopic (exact) mass is 230 g/mol. The van der Waals surface area contributed by atoms with E-state index < -0.39 is 11.9 Å². The summed E-state index contributed by atoms with van der Waals surface area (Å²) in [7, 11) is 0. The van der Waals surface area contributed by atoms with E-state index in [0.29, 0.717) is 10.8 Å². The van der Waals surface area contributed by atoms with Crippen molar-refractivity contribution in [1.82, 2.24) is 0 Å². The molecule has 0 spiro atoms. The first kappa shape index (κ1) is 14.9. The fourth-order valence-corrected chi connectivity index (χ4v) is 1.34. The van der Waals surface area contributed by atoms with E-state index in [1.54, 1.807) is 0 Å². The van der Waals surface area contributed by atoms with Gasteiger partial charge in [0.1, 0.15) is 0 Å². The minimum absolute atomic E-state index is 0.296. The average Bonchev–Trinajstić information content (AvgIpc) is 2.14. The molecule has 0 radical (unpaired) electrons. The number of carboxylic acid groups (broad SMARTS) is 2. The number of hydrogen-bond donors (Lipinski definition) is 2. The molecule has 0 unspecified atom stereocenters. The molecule has 0 bridgehead atoms. The second-order valence-electron chi connectivity index (χ2n) is 5.56. The second-order valence-corrected chi connectivity index (χ2v) is 5.56. The summed E-state index contributed by atoms with van der Waals surface area (Å²) in [4.78, 5) is 19.3. The molecule has 4 nitrogen and oxygen atoms in total. The van der Waals surface area contributed by atoms with E-state index in [9.17, 15) is 9.59 Å². The average molecular weight is 230 g/mol. The Morgan fingerprint density at radius 3 is 1.19 bits per heavy atom. The zero-order chi connectivity index (χ0) is 13.0. The zero-order valence-electron chi connectivity index (χ0n) is 10.5. The summed E-state index contributed by atoms with van der Waals surface area (Å²) in [5.41, 5.74) is 1.24. The van der Waals surface area contributed by atoms with Gasteiger partial charge in [-0.3, -0.25) is 9.59 Å². The summed E-state index contributed by atoms with van der Waals surface area (Å²) in [6.07, 6.45) is 2.24. The molecule has 0 atom stereocenters. The maximum atomic E-state index is 9.64. The van der Waals surface area contributed by atoms with Crippen molar-refractivity contribution in [2.45, 2.75) is 53.4 Å². The number of aliphatic carboxylic acids is 2. The molecule has 1 aliphatic rings. The molecule has 0 amide bonds. The minimum atomic E-state index is -1.08. The van der Waals surface area contributed by atoms with Crippen LogP contribution in [0.1, 0.15) is 53.4 Å². The van der Waals surface area contributed by atoms with Crippen LogP contribution in [-0.4, -0.2) is 22.2 Å². The Kier molecular flexibility index (Phi) is 4.97. The van der Waals surface area contributed by atoms with Crippen molar-refractivity contribution in [1.29, 1.82) is 0 Å². The predicted molar refractivity (Wildman–Crippen MR) is 61.3 cm³/mol. The van der Waals surface area contributed by atoms with Crippen molar-refractivity contribution in [2.24, 2.45) is 10.8 Å². The molecule has 2 N–H and O–H groups in total. The number of carbonyl (C=O) groups is 2. The first-order valence-electron chi connectivity index (χ1n) is 5.52. The van der Waals surface area contributed by atoms with Crippen LogP contribution in [0.5, 0.6) is 0 Å². The third-order valence-corrected chi connectivity index (χ3v) is 3.76. The molecule has 0 heterocycles. The lowest BCUT2D eigenvalue weighted by Gasteiger charge is -2.52. The van der Waals surface area contributed by atoms with Crippen molar-refractivity contribution < 1.29 is 19.8 Å². The first-order chi connectivity index (χ1) is 7.08. The van der Waals surface area contributed by atoms with E-state index in [1.807, 2.05) is 0 Å². The largest absolute Gasteiger partial charge is 0.481 e. The molecule has 16 heavy (non-hydrogen) atoms. The van der Waals surface area contributed by atoms with Gasteiger partial charge >= 0.3 is 11.9 Å². The van der Waals surface area contributed by atoms with E-state index >= 15 is 0 Å². The maximum Gasteiger partial charge on any atom is 0.303 e. The van der Waals surface area contributed by atoms with Crippen molar-refractivity contribution in [3.63, 3.8) is 0 Å². The van der Waals surface area contributed by atoms with Crippen molar-refractivity contribution in [3.05, 3.63) is 0 Å². The summed E-state index contributed by atoms with van der Waals surface area (Å²) in [5.74, 6) is -2.15. The van der Waals surface area contributed by atoms with E-state index in [2.05, 4.69) is 27.7 Å². The predicted octanol–water partition coefficient (Wildman–Crippen LogP) is 2.77. The summed E-state index contributed by atoms with van der Waals surface area (Å²) in [6.45, 7) is 9.43. The highest BCUT2D eigenvalue weighted by atomic mass is 16.4. The third-order valence-electron chi connectivity index (χ3n) is 3.76. The van der Waals surface area contributed by atoms with Crippen LogP contribution >= 0.6 is 0 Å². The third kappa shape index (κ3) is 4.64. The molecule has 1 fully saturated rings. The number of rotatable bonds is 3. The Balaban J connectivity index is 0.000000281.